The lowest BCUT2D eigenvalue weighted by Gasteiger charge is -2.18. The summed E-state index contributed by atoms with van der Waals surface area (Å²) in [6.07, 6.45) is 2.70. The molecule has 0 amide bonds. The molecular weight excluding hydrogens is 302 g/mol. The maximum absolute atomic E-state index is 6.02. The van der Waals surface area contributed by atoms with Gasteiger partial charge in [0.2, 0.25) is 0 Å². The van der Waals surface area contributed by atoms with Gasteiger partial charge in [-0.25, -0.2) is 4.98 Å². The molecule has 1 aromatic carbocycles. The van der Waals surface area contributed by atoms with Gasteiger partial charge in [0.15, 0.2) is 0 Å². The van der Waals surface area contributed by atoms with Gasteiger partial charge in [-0.15, -0.1) is 11.8 Å². The highest BCUT2D eigenvalue weighted by molar-refractivity contribution is 7.99. The normalized spacial score (nSPS) is 12.3. The molecule has 0 aliphatic heterocycles. The van der Waals surface area contributed by atoms with Gasteiger partial charge in [-0.1, -0.05) is 24.6 Å². The zero-order valence-corrected chi connectivity index (χ0v) is 13.6. The fraction of sp³-hybridized carbons (Fsp3) is 0.312. The highest BCUT2D eigenvalue weighted by Crippen LogP contribution is 2.23. The summed E-state index contributed by atoms with van der Waals surface area (Å²) < 4.78 is 0. The number of hydrogen-bond acceptors (Lipinski definition) is 4. The third-order valence-corrected chi connectivity index (χ3v) is 4.46. The van der Waals surface area contributed by atoms with E-state index < -0.39 is 0 Å². The maximum Gasteiger partial charge on any atom is 0.123 e. The molecule has 0 saturated carbocycles. The lowest BCUT2D eigenvalue weighted by molar-refractivity contribution is 0.572. The van der Waals surface area contributed by atoms with Gasteiger partial charge in [0.1, 0.15) is 5.82 Å². The van der Waals surface area contributed by atoms with Crippen LogP contribution in [-0.4, -0.2) is 23.3 Å². The lowest BCUT2D eigenvalue weighted by Crippen LogP contribution is -2.33. The number of rotatable bonds is 7. The van der Waals surface area contributed by atoms with E-state index in [1.165, 1.54) is 10.5 Å². The summed E-state index contributed by atoms with van der Waals surface area (Å²) >= 11 is 7.83. The zero-order chi connectivity index (χ0) is 15.1. The topological polar surface area (TPSA) is 50.9 Å². The largest absolute Gasteiger partial charge is 0.384 e. The SMILES string of the molecule is CCNC(CSc1cccc(Cl)c1)Cc1ccnc(N)c1. The van der Waals surface area contributed by atoms with Gasteiger partial charge in [0.25, 0.3) is 0 Å². The van der Waals surface area contributed by atoms with Gasteiger partial charge in [-0.3, -0.25) is 0 Å². The molecule has 1 atom stereocenters. The predicted molar refractivity (Wildman–Crippen MR) is 92.0 cm³/mol. The first-order chi connectivity index (χ1) is 10.2. The Bertz CT molecular complexity index is 577. The molecule has 5 heteroatoms. The summed E-state index contributed by atoms with van der Waals surface area (Å²) in [5.41, 5.74) is 6.95. The summed E-state index contributed by atoms with van der Waals surface area (Å²) in [4.78, 5) is 5.23. The van der Waals surface area contributed by atoms with Gasteiger partial charge in [-0.2, -0.15) is 0 Å². The number of halogens is 1. The van der Waals surface area contributed by atoms with E-state index in [4.69, 9.17) is 17.3 Å². The molecule has 3 nitrogen and oxygen atoms in total. The minimum absolute atomic E-state index is 0.390. The Hall–Kier alpha value is -1.23. The van der Waals surface area contributed by atoms with Crippen molar-refractivity contribution >= 4 is 29.2 Å². The smallest absolute Gasteiger partial charge is 0.123 e. The molecule has 0 aliphatic carbocycles. The van der Waals surface area contributed by atoms with E-state index in [0.29, 0.717) is 11.9 Å². The Morgan fingerprint density at radius 1 is 1.33 bits per heavy atom. The number of pyridine rings is 1. The molecule has 0 aliphatic rings. The summed E-state index contributed by atoms with van der Waals surface area (Å²) in [7, 11) is 0. The molecule has 0 saturated heterocycles. The van der Waals surface area contributed by atoms with Crippen molar-refractivity contribution in [3.8, 4) is 0 Å². The van der Waals surface area contributed by atoms with Crippen LogP contribution in [0.25, 0.3) is 0 Å². The molecule has 2 rings (SSSR count). The average molecular weight is 322 g/mol. The molecule has 0 bridgehead atoms. The third kappa shape index (κ3) is 5.58. The van der Waals surface area contributed by atoms with Gasteiger partial charge < -0.3 is 11.1 Å². The fourth-order valence-electron chi connectivity index (χ4n) is 2.14. The molecule has 1 unspecified atom stereocenters. The van der Waals surface area contributed by atoms with Gasteiger partial charge in [0, 0.05) is 27.9 Å². The second-order valence-electron chi connectivity index (χ2n) is 4.82. The van der Waals surface area contributed by atoms with Gasteiger partial charge in [0.05, 0.1) is 0 Å². The number of aromatic nitrogens is 1. The Labute approximate surface area is 135 Å². The number of likely N-dealkylation sites (N-methyl/N-ethyl adjacent to an activating group) is 1. The van der Waals surface area contributed by atoms with Crippen LogP contribution in [0.15, 0.2) is 47.5 Å². The van der Waals surface area contributed by atoms with Crippen molar-refractivity contribution in [1.29, 1.82) is 0 Å². The third-order valence-electron chi connectivity index (χ3n) is 3.07. The maximum atomic E-state index is 6.02. The van der Waals surface area contributed by atoms with E-state index >= 15 is 0 Å². The van der Waals surface area contributed by atoms with Crippen molar-refractivity contribution < 1.29 is 0 Å². The molecule has 0 fully saturated rings. The number of anilines is 1. The summed E-state index contributed by atoms with van der Waals surface area (Å²) in [6, 6.07) is 12.3. The Morgan fingerprint density at radius 3 is 2.90 bits per heavy atom. The van der Waals surface area contributed by atoms with Crippen molar-refractivity contribution in [1.82, 2.24) is 10.3 Å². The van der Waals surface area contributed by atoms with Crippen molar-refractivity contribution in [2.24, 2.45) is 0 Å². The number of hydrogen-bond donors (Lipinski definition) is 2. The van der Waals surface area contributed by atoms with E-state index in [0.717, 1.165) is 23.7 Å². The van der Waals surface area contributed by atoms with Crippen molar-refractivity contribution in [3.05, 3.63) is 53.2 Å². The van der Waals surface area contributed by atoms with E-state index in [9.17, 15) is 0 Å². The molecule has 1 aromatic heterocycles. The monoisotopic (exact) mass is 321 g/mol. The van der Waals surface area contributed by atoms with Crippen LogP contribution in [0.3, 0.4) is 0 Å². The molecule has 0 radical (unpaired) electrons. The van der Waals surface area contributed by atoms with E-state index in [1.54, 1.807) is 6.20 Å². The summed E-state index contributed by atoms with van der Waals surface area (Å²) in [5, 5.41) is 4.30. The lowest BCUT2D eigenvalue weighted by atomic mass is 10.1. The number of thioether (sulfide) groups is 1. The molecule has 1 heterocycles. The van der Waals surface area contributed by atoms with Crippen LogP contribution in [0.1, 0.15) is 12.5 Å². The first-order valence-corrected chi connectivity index (χ1v) is 8.36. The fourth-order valence-corrected chi connectivity index (χ4v) is 3.41. The van der Waals surface area contributed by atoms with Crippen LogP contribution in [0.2, 0.25) is 5.02 Å². The highest BCUT2D eigenvalue weighted by atomic mass is 35.5. The molecule has 2 aromatic rings. The second kappa shape index (κ2) is 8.27. The molecular formula is C16H20ClN3S. The van der Waals surface area contributed by atoms with Crippen LogP contribution in [0.5, 0.6) is 0 Å². The minimum atomic E-state index is 0.390. The van der Waals surface area contributed by atoms with E-state index in [2.05, 4.69) is 23.3 Å². The Balaban J connectivity index is 1.95. The average Bonchev–Trinajstić information content (AvgIpc) is 2.45. The van der Waals surface area contributed by atoms with Crippen molar-refractivity contribution in [2.45, 2.75) is 24.3 Å². The molecule has 3 N–H and O–H groups in total. The van der Waals surface area contributed by atoms with Gasteiger partial charge in [-0.05, 0) is 48.9 Å². The predicted octanol–water partition coefficient (Wildman–Crippen LogP) is 3.63. The van der Waals surface area contributed by atoms with Crippen LogP contribution in [-0.2, 0) is 6.42 Å². The standard InChI is InChI=1S/C16H20ClN3S/c1-2-19-14(8-12-6-7-20-16(18)9-12)11-21-15-5-3-4-13(17)10-15/h3-7,9-10,14,19H,2,8,11H2,1H3,(H2,18,20). The zero-order valence-electron chi connectivity index (χ0n) is 12.1. The highest BCUT2D eigenvalue weighted by Gasteiger charge is 2.10. The number of nitrogens with two attached hydrogens (primary N) is 1. The van der Waals surface area contributed by atoms with Crippen LogP contribution in [0.4, 0.5) is 5.82 Å². The van der Waals surface area contributed by atoms with E-state index in [1.807, 2.05) is 42.1 Å². The summed E-state index contributed by atoms with van der Waals surface area (Å²) in [5.74, 6) is 1.56. The van der Waals surface area contributed by atoms with E-state index in [-0.39, 0.29) is 0 Å². The second-order valence-corrected chi connectivity index (χ2v) is 6.35. The number of nitrogens with one attached hydrogen (secondary N) is 1. The number of benzene rings is 1. The number of nitrogen functional groups attached to an aromatic ring is 1. The van der Waals surface area contributed by atoms with Crippen LogP contribution >= 0.6 is 23.4 Å². The van der Waals surface area contributed by atoms with Crippen molar-refractivity contribution in [2.75, 3.05) is 18.0 Å². The summed E-state index contributed by atoms with van der Waals surface area (Å²) in [6.45, 7) is 3.07. The molecule has 112 valence electrons. The first kappa shape index (κ1) is 16.1. The van der Waals surface area contributed by atoms with Crippen molar-refractivity contribution in [3.63, 3.8) is 0 Å². The quantitative estimate of drug-likeness (QED) is 0.765. The van der Waals surface area contributed by atoms with Crippen LogP contribution < -0.4 is 11.1 Å². The van der Waals surface area contributed by atoms with Crippen LogP contribution in [0, 0.1) is 0 Å². The first-order valence-electron chi connectivity index (χ1n) is 6.99. The minimum Gasteiger partial charge on any atom is -0.384 e. The number of nitrogens with zero attached hydrogens (tertiary/aromatic N) is 1. The van der Waals surface area contributed by atoms with Gasteiger partial charge >= 0.3 is 0 Å². The Kier molecular flexibility index (Phi) is 6.36. The Morgan fingerprint density at radius 2 is 2.19 bits per heavy atom. The molecule has 21 heavy (non-hydrogen) atoms. The molecule has 0 spiro atoms.